The minimum Gasteiger partial charge on any atom is -0.460 e. The van der Waals surface area contributed by atoms with E-state index in [0.29, 0.717) is 18.7 Å². The predicted octanol–water partition coefficient (Wildman–Crippen LogP) is 3.62. The third-order valence-electron chi connectivity index (χ3n) is 4.03. The molecule has 1 aliphatic heterocycles. The Balaban J connectivity index is 1.73. The highest BCUT2D eigenvalue weighted by molar-refractivity contribution is 5.91. The topological polar surface area (TPSA) is 76.8 Å². The number of aliphatic imine (C=N–C) groups is 1. The summed E-state index contributed by atoms with van der Waals surface area (Å²) < 4.78 is 5.60. The number of ether oxygens (including phenoxy) is 1. The summed E-state index contributed by atoms with van der Waals surface area (Å²) in [6, 6.07) is 5.64. The van der Waals surface area contributed by atoms with Gasteiger partial charge in [0.05, 0.1) is 11.0 Å². The zero-order valence-electron chi connectivity index (χ0n) is 11.9. The number of non-ortho nitro benzene ring substituents is 1. The number of nitro benzene ring substituents is 1. The van der Waals surface area contributed by atoms with E-state index in [9.17, 15) is 10.1 Å². The largest absolute Gasteiger partial charge is 0.460 e. The average Bonchev–Trinajstić information content (AvgIpc) is 2.75. The Kier molecular flexibility index (Phi) is 4.03. The summed E-state index contributed by atoms with van der Waals surface area (Å²) in [5.41, 5.74) is 1.73. The van der Waals surface area contributed by atoms with E-state index in [1.54, 1.807) is 12.1 Å². The van der Waals surface area contributed by atoms with Crippen LogP contribution in [0.3, 0.4) is 0 Å². The van der Waals surface area contributed by atoms with Crippen LogP contribution < -0.4 is 5.32 Å². The summed E-state index contributed by atoms with van der Waals surface area (Å²) in [7, 11) is 0. The molecule has 0 bridgehead atoms. The molecule has 1 aromatic carbocycles. The molecule has 0 unspecified atom stereocenters. The van der Waals surface area contributed by atoms with E-state index in [1.807, 2.05) is 0 Å². The van der Waals surface area contributed by atoms with Crippen LogP contribution in [0.5, 0.6) is 0 Å². The molecule has 2 aliphatic rings. The van der Waals surface area contributed by atoms with Crippen LogP contribution in [0.2, 0.25) is 0 Å². The van der Waals surface area contributed by atoms with E-state index >= 15 is 0 Å². The van der Waals surface area contributed by atoms with Gasteiger partial charge in [-0.2, -0.15) is 0 Å². The van der Waals surface area contributed by atoms with Gasteiger partial charge in [-0.05, 0) is 18.9 Å². The van der Waals surface area contributed by atoms with E-state index < -0.39 is 4.92 Å². The fourth-order valence-corrected chi connectivity index (χ4v) is 2.85. The Bertz CT molecular complexity index is 563. The summed E-state index contributed by atoms with van der Waals surface area (Å²) in [6.07, 6.45) is 7.27. The molecule has 0 spiro atoms. The number of benzene rings is 1. The molecule has 21 heavy (non-hydrogen) atoms. The molecule has 0 radical (unpaired) electrons. The molecule has 0 atom stereocenters. The number of nitrogens with one attached hydrogen (secondary N) is 1. The maximum atomic E-state index is 10.8. The Morgan fingerprint density at radius 2 is 2.00 bits per heavy atom. The number of hydrogen-bond acceptors (Lipinski definition) is 4. The molecular weight excluding hydrogens is 270 g/mol. The summed E-state index contributed by atoms with van der Waals surface area (Å²) in [4.78, 5) is 15.0. The van der Waals surface area contributed by atoms with E-state index in [2.05, 4.69) is 10.3 Å². The Hall–Kier alpha value is -2.11. The highest BCUT2D eigenvalue weighted by Gasteiger charge is 2.19. The zero-order valence-corrected chi connectivity index (χ0v) is 11.9. The molecule has 0 amide bonds. The van der Waals surface area contributed by atoms with Crippen LogP contribution in [0.1, 0.15) is 44.1 Å². The molecular formula is C15H19N3O3. The van der Waals surface area contributed by atoms with E-state index in [4.69, 9.17) is 4.74 Å². The molecule has 1 saturated carbocycles. The van der Waals surface area contributed by atoms with Gasteiger partial charge in [0, 0.05) is 23.4 Å². The third-order valence-corrected chi connectivity index (χ3v) is 4.03. The van der Waals surface area contributed by atoms with Crippen LogP contribution in [0.25, 0.3) is 0 Å². The lowest BCUT2D eigenvalue weighted by Gasteiger charge is -2.21. The summed E-state index contributed by atoms with van der Waals surface area (Å²) in [5, 5.41) is 13.9. The van der Waals surface area contributed by atoms with Crippen molar-refractivity contribution in [2.24, 2.45) is 4.99 Å². The number of fused-ring (bicyclic) bond motifs is 1. The second kappa shape index (κ2) is 6.11. The first-order valence-electron chi connectivity index (χ1n) is 7.47. The van der Waals surface area contributed by atoms with Crippen molar-refractivity contribution in [1.29, 1.82) is 0 Å². The number of nitro groups is 1. The van der Waals surface area contributed by atoms with Crippen molar-refractivity contribution in [3.63, 3.8) is 0 Å². The Morgan fingerprint density at radius 1 is 1.24 bits per heavy atom. The van der Waals surface area contributed by atoms with Gasteiger partial charge < -0.3 is 10.1 Å². The van der Waals surface area contributed by atoms with Gasteiger partial charge in [0.15, 0.2) is 0 Å². The molecule has 6 heteroatoms. The van der Waals surface area contributed by atoms with Crippen molar-refractivity contribution in [2.75, 3.05) is 5.32 Å². The van der Waals surface area contributed by atoms with Gasteiger partial charge >= 0.3 is 0 Å². The Morgan fingerprint density at radius 3 is 2.71 bits per heavy atom. The molecule has 112 valence electrons. The lowest BCUT2D eigenvalue weighted by molar-refractivity contribution is -0.384. The van der Waals surface area contributed by atoms with E-state index in [0.717, 1.165) is 24.1 Å². The minimum atomic E-state index is -0.393. The molecule has 1 aromatic rings. The first-order chi connectivity index (χ1) is 10.2. The van der Waals surface area contributed by atoms with Crippen LogP contribution in [-0.4, -0.2) is 17.0 Å². The highest BCUT2D eigenvalue weighted by Crippen LogP contribution is 2.27. The van der Waals surface area contributed by atoms with Crippen molar-refractivity contribution in [1.82, 2.24) is 0 Å². The summed E-state index contributed by atoms with van der Waals surface area (Å²) in [5.74, 6) is 0. The quantitative estimate of drug-likeness (QED) is 0.512. The predicted molar refractivity (Wildman–Crippen MR) is 80.4 cm³/mol. The van der Waals surface area contributed by atoms with Crippen molar-refractivity contribution in [3.05, 3.63) is 33.9 Å². The van der Waals surface area contributed by atoms with Crippen molar-refractivity contribution >= 4 is 17.4 Å². The number of nitrogens with zero attached hydrogens (tertiary/aromatic N) is 2. The van der Waals surface area contributed by atoms with Crippen molar-refractivity contribution in [2.45, 2.75) is 51.2 Å². The van der Waals surface area contributed by atoms with Crippen molar-refractivity contribution in [3.8, 4) is 0 Å². The number of rotatable bonds is 2. The summed E-state index contributed by atoms with van der Waals surface area (Å²) >= 11 is 0. The molecule has 0 saturated heterocycles. The number of anilines is 1. The fourth-order valence-electron chi connectivity index (χ4n) is 2.85. The molecule has 1 heterocycles. The fraction of sp³-hybridized carbons (Fsp3) is 0.533. The molecule has 0 aromatic heterocycles. The van der Waals surface area contributed by atoms with Crippen LogP contribution in [-0.2, 0) is 11.3 Å². The lowest BCUT2D eigenvalue weighted by Crippen LogP contribution is -2.24. The minimum absolute atomic E-state index is 0.0864. The van der Waals surface area contributed by atoms with Gasteiger partial charge in [0.1, 0.15) is 6.61 Å². The van der Waals surface area contributed by atoms with E-state index in [1.165, 1.54) is 31.7 Å². The van der Waals surface area contributed by atoms with E-state index in [-0.39, 0.29) is 5.69 Å². The maximum Gasteiger partial charge on any atom is 0.289 e. The van der Waals surface area contributed by atoms with Gasteiger partial charge in [-0.3, -0.25) is 10.1 Å². The highest BCUT2D eigenvalue weighted by atomic mass is 16.6. The smallest absolute Gasteiger partial charge is 0.289 e. The van der Waals surface area contributed by atoms with Gasteiger partial charge in [0.25, 0.3) is 11.7 Å². The molecule has 3 rings (SSSR count). The molecule has 1 aliphatic carbocycles. The standard InChI is InChI=1S/C15H19N3O3/c19-18(20)13-7-8-14-11(9-13)10-21-15(17-14)16-12-5-3-1-2-4-6-12/h7-9,12H,1-6,10H2,(H,16,17). The first kappa shape index (κ1) is 13.9. The zero-order chi connectivity index (χ0) is 14.7. The van der Waals surface area contributed by atoms with Gasteiger partial charge in [-0.25, -0.2) is 4.99 Å². The normalized spacial score (nSPS) is 21.0. The van der Waals surface area contributed by atoms with Crippen molar-refractivity contribution < 1.29 is 9.66 Å². The second-order valence-electron chi connectivity index (χ2n) is 5.59. The SMILES string of the molecule is O=[N+]([O-])c1ccc2c(c1)COC(=NC1CCCCCC1)N2. The monoisotopic (exact) mass is 289 g/mol. The number of hydrogen-bond donors (Lipinski definition) is 1. The van der Waals surface area contributed by atoms with Gasteiger partial charge in [-0.1, -0.05) is 25.7 Å². The molecule has 6 nitrogen and oxygen atoms in total. The van der Waals surface area contributed by atoms with Crippen LogP contribution >= 0.6 is 0 Å². The third kappa shape index (κ3) is 3.32. The molecule has 1 N–H and O–H groups in total. The lowest BCUT2D eigenvalue weighted by atomic mass is 10.1. The van der Waals surface area contributed by atoms with Crippen LogP contribution in [0, 0.1) is 10.1 Å². The van der Waals surface area contributed by atoms with Gasteiger partial charge in [0.2, 0.25) is 0 Å². The second-order valence-corrected chi connectivity index (χ2v) is 5.59. The van der Waals surface area contributed by atoms with Crippen LogP contribution in [0.4, 0.5) is 11.4 Å². The number of amidine groups is 1. The maximum absolute atomic E-state index is 10.8. The van der Waals surface area contributed by atoms with Gasteiger partial charge in [-0.15, -0.1) is 0 Å². The first-order valence-corrected chi connectivity index (χ1v) is 7.47. The van der Waals surface area contributed by atoms with Crippen LogP contribution in [0.15, 0.2) is 23.2 Å². The Labute approximate surface area is 123 Å². The summed E-state index contributed by atoms with van der Waals surface area (Å²) in [6.45, 7) is 0.329. The average molecular weight is 289 g/mol. The molecule has 1 fully saturated rings.